The fraction of sp³-hybridized carbons (Fsp3) is 0.909. The molecule has 0 N–H and O–H groups in total. The molecular formula is C11H19ClO3. The third-order valence-electron chi connectivity index (χ3n) is 2.57. The second kappa shape index (κ2) is 6.94. The maximum Gasteiger partial charge on any atom is 0.510 e. The normalized spacial score (nSPS) is 21.2. The van der Waals surface area contributed by atoms with E-state index < -0.39 is 11.7 Å². The summed E-state index contributed by atoms with van der Waals surface area (Å²) in [5, 5.41) is 0. The number of halogens is 1. The highest BCUT2D eigenvalue weighted by atomic mass is 35.5. The van der Waals surface area contributed by atoms with Gasteiger partial charge in [-0.15, -0.1) is 0 Å². The molecule has 3 nitrogen and oxygen atoms in total. The van der Waals surface area contributed by atoms with Crippen LogP contribution in [0.3, 0.4) is 0 Å². The van der Waals surface area contributed by atoms with E-state index in [1.807, 2.05) is 0 Å². The number of hydrogen-bond donors (Lipinski definition) is 0. The van der Waals surface area contributed by atoms with Gasteiger partial charge in [0.25, 0.3) is 0 Å². The third-order valence-corrected chi connectivity index (χ3v) is 2.66. The van der Waals surface area contributed by atoms with Crippen molar-refractivity contribution < 1.29 is 14.3 Å². The van der Waals surface area contributed by atoms with E-state index in [0.717, 1.165) is 25.7 Å². The predicted octanol–water partition coefficient (Wildman–Crippen LogP) is 3.84. The maximum atomic E-state index is 11.2. The van der Waals surface area contributed by atoms with Crippen molar-refractivity contribution in [3.8, 4) is 0 Å². The summed E-state index contributed by atoms with van der Waals surface area (Å²) < 4.78 is 9.92. The second-order valence-electron chi connectivity index (χ2n) is 4.00. The Morgan fingerprint density at radius 3 is 2.27 bits per heavy atom. The first-order valence-corrected chi connectivity index (χ1v) is 6.13. The lowest BCUT2D eigenvalue weighted by molar-refractivity contribution is 0.0109. The Bertz CT molecular complexity index is 186. The van der Waals surface area contributed by atoms with Crippen molar-refractivity contribution in [3.63, 3.8) is 0 Å². The van der Waals surface area contributed by atoms with E-state index in [0.29, 0.717) is 0 Å². The Balaban J connectivity index is 2.25. The quantitative estimate of drug-likeness (QED) is 0.538. The van der Waals surface area contributed by atoms with Gasteiger partial charge in [0.15, 0.2) is 5.56 Å². The number of ether oxygens (including phenoxy) is 2. The number of alkyl halides is 1. The molecule has 0 radical (unpaired) electrons. The van der Waals surface area contributed by atoms with Crippen molar-refractivity contribution in [1.82, 2.24) is 0 Å². The molecule has 0 heterocycles. The Kier molecular flexibility index (Phi) is 5.84. The lowest BCUT2D eigenvalue weighted by Crippen LogP contribution is -2.21. The minimum atomic E-state index is -0.636. The molecule has 0 aromatic rings. The third kappa shape index (κ3) is 5.88. The molecule has 1 atom stereocenters. The zero-order valence-electron chi connectivity index (χ0n) is 9.21. The number of rotatable bonds is 2. The van der Waals surface area contributed by atoms with Crippen LogP contribution in [0.4, 0.5) is 4.79 Å². The van der Waals surface area contributed by atoms with Crippen molar-refractivity contribution in [3.05, 3.63) is 0 Å². The van der Waals surface area contributed by atoms with E-state index >= 15 is 0 Å². The zero-order chi connectivity index (χ0) is 11.1. The minimum Gasteiger partial charge on any atom is -0.431 e. The van der Waals surface area contributed by atoms with E-state index in [4.69, 9.17) is 21.1 Å². The minimum absolute atomic E-state index is 0.0215. The molecule has 88 valence electrons. The van der Waals surface area contributed by atoms with Crippen LogP contribution < -0.4 is 0 Å². The summed E-state index contributed by atoms with van der Waals surface area (Å²) in [5.74, 6) is 0. The van der Waals surface area contributed by atoms with E-state index in [-0.39, 0.29) is 6.10 Å². The second-order valence-corrected chi connectivity index (χ2v) is 4.61. The topological polar surface area (TPSA) is 35.5 Å². The van der Waals surface area contributed by atoms with Crippen LogP contribution >= 0.6 is 11.6 Å². The SMILES string of the molecule is CC(Cl)OC(=O)OC1CCCCCCC1. The lowest BCUT2D eigenvalue weighted by atomic mass is 9.99. The van der Waals surface area contributed by atoms with Gasteiger partial charge in [-0.25, -0.2) is 4.79 Å². The summed E-state index contributed by atoms with van der Waals surface area (Å²) in [6.07, 6.45) is 7.33. The van der Waals surface area contributed by atoms with Gasteiger partial charge in [0.2, 0.25) is 0 Å². The van der Waals surface area contributed by atoms with E-state index in [1.54, 1.807) is 6.92 Å². The first kappa shape index (κ1) is 12.6. The molecule has 1 aliphatic carbocycles. The van der Waals surface area contributed by atoms with E-state index in [1.165, 1.54) is 19.3 Å². The molecule has 0 aromatic heterocycles. The number of carbonyl (C=O) groups is 1. The summed E-state index contributed by atoms with van der Waals surface area (Å²) >= 11 is 5.53. The molecule has 15 heavy (non-hydrogen) atoms. The average Bonchev–Trinajstić information content (AvgIpc) is 2.08. The van der Waals surface area contributed by atoms with Crippen LogP contribution in [0.25, 0.3) is 0 Å². The maximum absolute atomic E-state index is 11.2. The van der Waals surface area contributed by atoms with Gasteiger partial charge in [-0.2, -0.15) is 0 Å². The molecule has 1 unspecified atom stereocenters. The van der Waals surface area contributed by atoms with Gasteiger partial charge in [0, 0.05) is 0 Å². The predicted molar refractivity (Wildman–Crippen MR) is 59.0 cm³/mol. The molecule has 0 amide bonds. The average molecular weight is 235 g/mol. The highest BCUT2D eigenvalue weighted by molar-refractivity contribution is 6.19. The Morgan fingerprint density at radius 2 is 1.73 bits per heavy atom. The molecule has 0 spiro atoms. The van der Waals surface area contributed by atoms with Crippen LogP contribution in [0.2, 0.25) is 0 Å². The Labute approximate surface area is 96.1 Å². The largest absolute Gasteiger partial charge is 0.510 e. The Morgan fingerprint density at radius 1 is 1.20 bits per heavy atom. The number of hydrogen-bond acceptors (Lipinski definition) is 3. The molecule has 0 bridgehead atoms. The number of carbonyl (C=O) groups excluding carboxylic acids is 1. The zero-order valence-corrected chi connectivity index (χ0v) is 9.96. The van der Waals surface area contributed by atoms with Gasteiger partial charge in [-0.05, 0) is 32.6 Å². The van der Waals surface area contributed by atoms with Crippen LogP contribution in [0.1, 0.15) is 51.9 Å². The van der Waals surface area contributed by atoms with Crippen LogP contribution in [0, 0.1) is 0 Å². The lowest BCUT2D eigenvalue weighted by Gasteiger charge is -2.20. The molecule has 1 saturated carbocycles. The van der Waals surface area contributed by atoms with Crippen LogP contribution in [-0.4, -0.2) is 17.8 Å². The van der Waals surface area contributed by atoms with Crippen molar-refractivity contribution in [1.29, 1.82) is 0 Å². The summed E-state index contributed by atoms with van der Waals surface area (Å²) in [5.41, 5.74) is -0.619. The monoisotopic (exact) mass is 234 g/mol. The molecule has 1 aliphatic rings. The molecule has 0 aliphatic heterocycles. The highest BCUT2D eigenvalue weighted by Crippen LogP contribution is 2.20. The molecule has 4 heteroatoms. The molecular weight excluding hydrogens is 216 g/mol. The van der Waals surface area contributed by atoms with Gasteiger partial charge >= 0.3 is 6.16 Å². The fourth-order valence-electron chi connectivity index (χ4n) is 1.83. The summed E-state index contributed by atoms with van der Waals surface area (Å²) in [4.78, 5) is 11.2. The molecule has 1 rings (SSSR count). The Hall–Kier alpha value is -0.440. The van der Waals surface area contributed by atoms with Gasteiger partial charge in [0.05, 0.1) is 0 Å². The smallest absolute Gasteiger partial charge is 0.431 e. The van der Waals surface area contributed by atoms with E-state index in [2.05, 4.69) is 0 Å². The molecule has 1 fully saturated rings. The van der Waals surface area contributed by atoms with Crippen molar-refractivity contribution >= 4 is 17.8 Å². The van der Waals surface area contributed by atoms with E-state index in [9.17, 15) is 4.79 Å². The van der Waals surface area contributed by atoms with Gasteiger partial charge in [0.1, 0.15) is 6.10 Å². The summed E-state index contributed by atoms with van der Waals surface area (Å²) in [7, 11) is 0. The van der Waals surface area contributed by atoms with Crippen molar-refractivity contribution in [2.75, 3.05) is 0 Å². The first-order chi connectivity index (χ1) is 7.18. The molecule has 0 saturated heterocycles. The van der Waals surface area contributed by atoms with Crippen LogP contribution in [0.15, 0.2) is 0 Å². The van der Waals surface area contributed by atoms with Gasteiger partial charge < -0.3 is 9.47 Å². The summed E-state index contributed by atoms with van der Waals surface area (Å²) in [6, 6.07) is 0. The van der Waals surface area contributed by atoms with Crippen LogP contribution in [-0.2, 0) is 9.47 Å². The first-order valence-electron chi connectivity index (χ1n) is 5.70. The standard InChI is InChI=1S/C11H19ClO3/c1-9(12)14-11(13)15-10-7-5-3-2-4-6-8-10/h9-10H,2-8H2,1H3. The van der Waals surface area contributed by atoms with Gasteiger partial charge in [-0.3, -0.25) is 0 Å². The fourth-order valence-corrected chi connectivity index (χ4v) is 1.91. The summed E-state index contributed by atoms with van der Waals surface area (Å²) in [6.45, 7) is 1.60. The van der Waals surface area contributed by atoms with Crippen molar-refractivity contribution in [2.45, 2.75) is 63.5 Å². The van der Waals surface area contributed by atoms with Gasteiger partial charge in [-0.1, -0.05) is 30.9 Å². The van der Waals surface area contributed by atoms with Crippen molar-refractivity contribution in [2.24, 2.45) is 0 Å². The van der Waals surface area contributed by atoms with Crippen LogP contribution in [0.5, 0.6) is 0 Å². The highest BCUT2D eigenvalue weighted by Gasteiger charge is 2.17. The molecule has 0 aromatic carbocycles.